The van der Waals surface area contributed by atoms with Gasteiger partial charge in [-0.15, -0.1) is 11.8 Å². The fourth-order valence-corrected chi connectivity index (χ4v) is 5.29. The van der Waals surface area contributed by atoms with Crippen LogP contribution in [0.15, 0.2) is 0 Å². The Morgan fingerprint density at radius 1 is 1.09 bits per heavy atom. The van der Waals surface area contributed by atoms with Crippen LogP contribution in [0.2, 0.25) is 6.32 Å². The Kier molecular flexibility index (Phi) is 6.47. The van der Waals surface area contributed by atoms with Crippen molar-refractivity contribution in [3.63, 3.8) is 0 Å². The lowest BCUT2D eigenvalue weighted by atomic mass is 9.83. The lowest BCUT2D eigenvalue weighted by Gasteiger charge is -2.34. The summed E-state index contributed by atoms with van der Waals surface area (Å²) in [5.41, 5.74) is 0. The average Bonchev–Trinajstić information content (AvgIpc) is 3.14. The highest BCUT2D eigenvalue weighted by Crippen LogP contribution is 2.32. The Bertz CT molecular complexity index is 345. The maximum absolute atomic E-state index is 8.93. The summed E-state index contributed by atoms with van der Waals surface area (Å²) in [7, 11) is -1.14. The molecule has 2 aliphatic heterocycles. The number of nitrogens with zero attached hydrogens (tertiary/aromatic N) is 1. The summed E-state index contributed by atoms with van der Waals surface area (Å²) in [6.45, 7) is 1.14. The highest BCUT2D eigenvalue weighted by atomic mass is 32.2. The smallest absolute Gasteiger partial charge is 0.427 e. The summed E-state index contributed by atoms with van der Waals surface area (Å²) in [4.78, 5) is 2.72. The van der Waals surface area contributed by atoms with E-state index in [1.54, 1.807) is 0 Å². The molecule has 3 aliphatic rings. The number of thioether (sulfide) groups is 1. The van der Waals surface area contributed by atoms with Crippen molar-refractivity contribution in [3.8, 4) is 0 Å². The molecule has 0 radical (unpaired) electrons. The Labute approximate surface area is 138 Å². The molecule has 1 aliphatic carbocycles. The van der Waals surface area contributed by atoms with Crippen LogP contribution in [-0.2, 0) is 0 Å². The van der Waals surface area contributed by atoms with E-state index < -0.39 is 7.12 Å². The van der Waals surface area contributed by atoms with Gasteiger partial charge in [-0.05, 0) is 25.6 Å². The minimum atomic E-state index is -1.14. The van der Waals surface area contributed by atoms with Crippen LogP contribution in [0.5, 0.6) is 0 Å². The first-order chi connectivity index (χ1) is 10.8. The van der Waals surface area contributed by atoms with Crippen molar-refractivity contribution in [2.75, 3.05) is 18.2 Å². The van der Waals surface area contributed by atoms with E-state index in [0.29, 0.717) is 24.6 Å². The van der Waals surface area contributed by atoms with Crippen molar-refractivity contribution in [2.24, 2.45) is 0 Å². The van der Waals surface area contributed by atoms with E-state index in [-0.39, 0.29) is 0 Å². The molecule has 7 heteroatoms. The Hall–Kier alpha value is 0.215. The molecule has 4 N–H and O–H groups in total. The van der Waals surface area contributed by atoms with Crippen LogP contribution >= 0.6 is 11.8 Å². The van der Waals surface area contributed by atoms with Gasteiger partial charge in [0.1, 0.15) is 0 Å². The molecule has 1 saturated carbocycles. The second-order valence-electron chi connectivity index (χ2n) is 6.96. The molecule has 0 aromatic carbocycles. The molecule has 0 bridgehead atoms. The van der Waals surface area contributed by atoms with Crippen molar-refractivity contribution in [1.29, 1.82) is 0 Å². The van der Waals surface area contributed by atoms with E-state index in [4.69, 9.17) is 10.0 Å². The normalized spacial score (nSPS) is 35.7. The van der Waals surface area contributed by atoms with E-state index in [2.05, 4.69) is 15.5 Å². The molecule has 0 aromatic heterocycles. The first-order valence-electron chi connectivity index (χ1n) is 8.95. The van der Waals surface area contributed by atoms with Gasteiger partial charge in [-0.25, -0.2) is 0 Å². The molecule has 3 rings (SSSR count). The zero-order valence-corrected chi connectivity index (χ0v) is 14.2. The standard InChI is InChI=1S/C15H30BN3O2S/c20-16(21)8-4-1-5-9-19-14-7-3-2-6-12(14)18-15(19)13-10-22-11-17-13/h12-15,17-18,20-21H,1-11H2. The molecule has 0 amide bonds. The summed E-state index contributed by atoms with van der Waals surface area (Å²) in [5, 5.41) is 25.4. The largest absolute Gasteiger partial charge is 0.451 e. The maximum atomic E-state index is 8.93. The third-order valence-electron chi connectivity index (χ3n) is 5.40. The summed E-state index contributed by atoms with van der Waals surface area (Å²) in [6.07, 6.45) is 9.57. The Morgan fingerprint density at radius 3 is 2.73 bits per heavy atom. The molecule has 0 spiro atoms. The number of rotatable bonds is 7. The second kappa shape index (κ2) is 8.35. The molecule has 5 nitrogen and oxygen atoms in total. The topological polar surface area (TPSA) is 67.8 Å². The molecule has 3 fully saturated rings. The maximum Gasteiger partial charge on any atom is 0.451 e. The average molecular weight is 327 g/mol. The minimum absolute atomic E-state index is 0.492. The van der Waals surface area contributed by atoms with Crippen LogP contribution in [0.1, 0.15) is 44.9 Å². The zero-order valence-electron chi connectivity index (χ0n) is 13.4. The van der Waals surface area contributed by atoms with E-state index >= 15 is 0 Å². The predicted molar refractivity (Wildman–Crippen MR) is 92.8 cm³/mol. The monoisotopic (exact) mass is 327 g/mol. The van der Waals surface area contributed by atoms with Crippen LogP contribution in [0.3, 0.4) is 0 Å². The van der Waals surface area contributed by atoms with Gasteiger partial charge in [0.05, 0.1) is 6.17 Å². The van der Waals surface area contributed by atoms with E-state index in [9.17, 15) is 0 Å². The SMILES string of the molecule is OB(O)CCCCCN1C2CCCCC2NC1C1CSCN1. The summed E-state index contributed by atoms with van der Waals surface area (Å²) < 4.78 is 0. The Balaban J connectivity index is 1.52. The fraction of sp³-hybridized carbons (Fsp3) is 1.00. The van der Waals surface area contributed by atoms with Gasteiger partial charge in [-0.3, -0.25) is 10.2 Å². The molecule has 4 atom stereocenters. The van der Waals surface area contributed by atoms with Crippen LogP contribution in [0.4, 0.5) is 0 Å². The van der Waals surface area contributed by atoms with Gasteiger partial charge in [-0.1, -0.05) is 25.7 Å². The van der Waals surface area contributed by atoms with Crippen LogP contribution in [0.25, 0.3) is 0 Å². The fourth-order valence-electron chi connectivity index (χ4n) is 4.29. The number of fused-ring (bicyclic) bond motifs is 1. The van der Waals surface area contributed by atoms with Crippen molar-refractivity contribution in [1.82, 2.24) is 15.5 Å². The molecule has 0 aromatic rings. The van der Waals surface area contributed by atoms with E-state index in [1.165, 1.54) is 31.4 Å². The van der Waals surface area contributed by atoms with Gasteiger partial charge < -0.3 is 15.4 Å². The molecule has 22 heavy (non-hydrogen) atoms. The van der Waals surface area contributed by atoms with Gasteiger partial charge in [0.25, 0.3) is 0 Å². The Morgan fingerprint density at radius 2 is 1.95 bits per heavy atom. The van der Waals surface area contributed by atoms with Crippen molar-refractivity contribution < 1.29 is 10.0 Å². The summed E-state index contributed by atoms with van der Waals surface area (Å²) >= 11 is 2.01. The number of hydrogen-bond donors (Lipinski definition) is 4. The first-order valence-corrected chi connectivity index (χ1v) is 10.1. The molecule has 4 unspecified atom stereocenters. The lowest BCUT2D eigenvalue weighted by Crippen LogP contribution is -2.52. The van der Waals surface area contributed by atoms with E-state index in [0.717, 1.165) is 37.7 Å². The number of hydrogen-bond acceptors (Lipinski definition) is 6. The van der Waals surface area contributed by atoms with Crippen LogP contribution < -0.4 is 10.6 Å². The third-order valence-corrected chi connectivity index (χ3v) is 6.37. The molecule has 2 saturated heterocycles. The highest BCUT2D eigenvalue weighted by molar-refractivity contribution is 7.99. The van der Waals surface area contributed by atoms with Crippen LogP contribution in [-0.4, -0.2) is 64.5 Å². The van der Waals surface area contributed by atoms with E-state index in [1.807, 2.05) is 11.8 Å². The minimum Gasteiger partial charge on any atom is -0.427 e. The molecule has 126 valence electrons. The predicted octanol–water partition coefficient (Wildman–Crippen LogP) is 0.835. The zero-order chi connectivity index (χ0) is 15.4. The van der Waals surface area contributed by atoms with Gasteiger partial charge in [0.2, 0.25) is 0 Å². The van der Waals surface area contributed by atoms with Gasteiger partial charge in [0.15, 0.2) is 0 Å². The third kappa shape index (κ3) is 4.19. The molecule has 2 heterocycles. The van der Waals surface area contributed by atoms with Gasteiger partial charge in [0, 0.05) is 36.3 Å². The lowest BCUT2D eigenvalue weighted by molar-refractivity contribution is 0.143. The van der Waals surface area contributed by atoms with Crippen LogP contribution in [0, 0.1) is 0 Å². The van der Waals surface area contributed by atoms with Crippen molar-refractivity contribution in [3.05, 3.63) is 0 Å². The number of unbranched alkanes of at least 4 members (excludes halogenated alkanes) is 2. The number of nitrogens with one attached hydrogen (secondary N) is 2. The molecular weight excluding hydrogens is 297 g/mol. The first kappa shape index (κ1) is 17.1. The summed E-state index contributed by atoms with van der Waals surface area (Å²) in [5.74, 6) is 2.30. The van der Waals surface area contributed by atoms with Gasteiger partial charge in [-0.2, -0.15) is 0 Å². The van der Waals surface area contributed by atoms with Crippen molar-refractivity contribution in [2.45, 2.75) is 75.6 Å². The quantitative estimate of drug-likeness (QED) is 0.410. The van der Waals surface area contributed by atoms with Crippen molar-refractivity contribution >= 4 is 18.9 Å². The highest BCUT2D eigenvalue weighted by Gasteiger charge is 2.44. The molecular formula is C15H30BN3O2S. The summed E-state index contributed by atoms with van der Waals surface area (Å²) in [6, 6.07) is 1.98. The van der Waals surface area contributed by atoms with Gasteiger partial charge >= 0.3 is 7.12 Å². The second-order valence-corrected chi connectivity index (χ2v) is 7.99.